The van der Waals surface area contributed by atoms with Crippen molar-refractivity contribution in [2.45, 2.75) is 20.4 Å². The average molecular weight is 302 g/mol. The van der Waals surface area contributed by atoms with Gasteiger partial charge in [0.25, 0.3) is 5.91 Å². The number of nitrogens with one attached hydrogen (secondary N) is 1. The van der Waals surface area contributed by atoms with Crippen molar-refractivity contribution in [1.29, 1.82) is 0 Å². The summed E-state index contributed by atoms with van der Waals surface area (Å²) >= 11 is 0. The first kappa shape index (κ1) is 15.9. The van der Waals surface area contributed by atoms with Crippen LogP contribution >= 0.6 is 0 Å². The summed E-state index contributed by atoms with van der Waals surface area (Å²) < 4.78 is 12.8. The molecule has 0 aliphatic carbocycles. The van der Waals surface area contributed by atoms with Crippen molar-refractivity contribution < 1.29 is 14.3 Å². The molecule has 5 heteroatoms. The first-order valence-corrected chi connectivity index (χ1v) is 7.17. The molecule has 22 heavy (non-hydrogen) atoms. The number of rotatable bonds is 6. The summed E-state index contributed by atoms with van der Waals surface area (Å²) in [5, 5.41) is 2.87. The summed E-state index contributed by atoms with van der Waals surface area (Å²) in [5.74, 6) is 1.02. The fraction of sp³-hybridized carbons (Fsp3) is 0.353. The van der Waals surface area contributed by atoms with Crippen LogP contribution in [-0.4, -0.2) is 24.2 Å². The highest BCUT2D eigenvalue weighted by Crippen LogP contribution is 2.25. The standard InChI is InChI=1S/C17H22N2O3/c1-12-9-14(13(2)19(12)3)10-18-17(20)11-22-16-8-6-5-7-15(16)21-4/h5-9H,10-11H2,1-4H3,(H,18,20). The van der Waals surface area contributed by atoms with Gasteiger partial charge in [-0.25, -0.2) is 0 Å². The van der Waals surface area contributed by atoms with Gasteiger partial charge in [0.15, 0.2) is 18.1 Å². The zero-order valence-corrected chi connectivity index (χ0v) is 13.5. The van der Waals surface area contributed by atoms with Crippen LogP contribution in [0.25, 0.3) is 0 Å². The maximum absolute atomic E-state index is 11.9. The van der Waals surface area contributed by atoms with E-state index >= 15 is 0 Å². The third-order valence-corrected chi connectivity index (χ3v) is 3.78. The topological polar surface area (TPSA) is 52.5 Å². The number of benzene rings is 1. The lowest BCUT2D eigenvalue weighted by atomic mass is 10.2. The molecule has 0 spiro atoms. The number of para-hydroxylation sites is 2. The summed E-state index contributed by atoms with van der Waals surface area (Å²) in [4.78, 5) is 11.9. The van der Waals surface area contributed by atoms with E-state index in [1.807, 2.05) is 33.0 Å². The first-order chi connectivity index (χ1) is 10.5. The second-order valence-electron chi connectivity index (χ2n) is 5.17. The van der Waals surface area contributed by atoms with Crippen molar-refractivity contribution in [3.8, 4) is 11.5 Å². The Morgan fingerprint density at radius 1 is 1.23 bits per heavy atom. The van der Waals surface area contributed by atoms with Crippen molar-refractivity contribution in [3.05, 3.63) is 47.3 Å². The molecule has 118 valence electrons. The van der Waals surface area contributed by atoms with Gasteiger partial charge in [0, 0.05) is 25.0 Å². The summed E-state index contributed by atoms with van der Waals surface area (Å²) in [5.41, 5.74) is 3.45. The minimum absolute atomic E-state index is 0.0365. The van der Waals surface area contributed by atoms with E-state index in [0.29, 0.717) is 18.0 Å². The number of aryl methyl sites for hydroxylation is 1. The molecule has 0 fully saturated rings. The van der Waals surface area contributed by atoms with Gasteiger partial charge in [0.05, 0.1) is 7.11 Å². The van der Waals surface area contributed by atoms with Crippen LogP contribution < -0.4 is 14.8 Å². The van der Waals surface area contributed by atoms with Crippen molar-refractivity contribution >= 4 is 5.91 Å². The Morgan fingerprint density at radius 2 is 1.91 bits per heavy atom. The maximum Gasteiger partial charge on any atom is 0.258 e. The Morgan fingerprint density at radius 3 is 2.50 bits per heavy atom. The molecule has 1 amide bonds. The van der Waals surface area contributed by atoms with Crippen LogP contribution in [0.1, 0.15) is 17.0 Å². The van der Waals surface area contributed by atoms with Gasteiger partial charge in [-0.05, 0) is 37.6 Å². The number of aromatic nitrogens is 1. The predicted molar refractivity (Wildman–Crippen MR) is 85.2 cm³/mol. The van der Waals surface area contributed by atoms with Gasteiger partial charge in [-0.2, -0.15) is 0 Å². The molecule has 2 rings (SSSR count). The SMILES string of the molecule is COc1ccccc1OCC(=O)NCc1cc(C)n(C)c1C. The number of methoxy groups -OCH3 is 1. The molecule has 0 aliphatic heterocycles. The molecule has 0 radical (unpaired) electrons. The van der Waals surface area contributed by atoms with Crippen molar-refractivity contribution in [3.63, 3.8) is 0 Å². The Kier molecular flexibility index (Phi) is 5.09. The zero-order valence-electron chi connectivity index (χ0n) is 13.5. The van der Waals surface area contributed by atoms with E-state index < -0.39 is 0 Å². The van der Waals surface area contributed by atoms with Crippen LogP contribution in [0.3, 0.4) is 0 Å². The Hall–Kier alpha value is -2.43. The van der Waals surface area contributed by atoms with Crippen LogP contribution in [-0.2, 0) is 18.4 Å². The highest BCUT2D eigenvalue weighted by molar-refractivity contribution is 5.77. The summed E-state index contributed by atoms with van der Waals surface area (Å²) in [7, 11) is 3.59. The first-order valence-electron chi connectivity index (χ1n) is 7.17. The van der Waals surface area contributed by atoms with Crippen molar-refractivity contribution in [1.82, 2.24) is 9.88 Å². The van der Waals surface area contributed by atoms with E-state index in [2.05, 4.69) is 16.0 Å². The van der Waals surface area contributed by atoms with E-state index in [9.17, 15) is 4.79 Å². The van der Waals surface area contributed by atoms with E-state index in [1.165, 1.54) is 5.69 Å². The lowest BCUT2D eigenvalue weighted by molar-refractivity contribution is -0.123. The molecule has 0 bridgehead atoms. The minimum atomic E-state index is -0.160. The summed E-state index contributed by atoms with van der Waals surface area (Å²) in [6, 6.07) is 9.34. The largest absolute Gasteiger partial charge is 0.493 e. The van der Waals surface area contributed by atoms with Crippen LogP contribution in [0.15, 0.2) is 30.3 Å². The smallest absolute Gasteiger partial charge is 0.258 e. The Bertz CT molecular complexity index is 662. The minimum Gasteiger partial charge on any atom is -0.493 e. The molecule has 0 atom stereocenters. The monoisotopic (exact) mass is 302 g/mol. The second kappa shape index (κ2) is 7.02. The summed E-state index contributed by atoms with van der Waals surface area (Å²) in [6.07, 6.45) is 0. The molecular formula is C17H22N2O3. The van der Waals surface area contributed by atoms with Gasteiger partial charge in [-0.1, -0.05) is 12.1 Å². The van der Waals surface area contributed by atoms with E-state index in [-0.39, 0.29) is 12.5 Å². The third-order valence-electron chi connectivity index (χ3n) is 3.78. The number of nitrogens with zero attached hydrogens (tertiary/aromatic N) is 1. The highest BCUT2D eigenvalue weighted by Gasteiger charge is 2.09. The van der Waals surface area contributed by atoms with Crippen LogP contribution in [0, 0.1) is 13.8 Å². The summed E-state index contributed by atoms with van der Waals surface area (Å²) in [6.45, 7) is 4.55. The molecule has 2 aromatic rings. The number of ether oxygens (including phenoxy) is 2. The maximum atomic E-state index is 11.9. The third kappa shape index (κ3) is 3.61. The number of hydrogen-bond acceptors (Lipinski definition) is 3. The van der Waals surface area contributed by atoms with Gasteiger partial charge in [-0.3, -0.25) is 4.79 Å². The van der Waals surface area contributed by atoms with Gasteiger partial charge in [0.2, 0.25) is 0 Å². The van der Waals surface area contributed by atoms with Gasteiger partial charge in [-0.15, -0.1) is 0 Å². The molecule has 1 aromatic heterocycles. The fourth-order valence-electron chi connectivity index (χ4n) is 2.24. The van der Waals surface area contributed by atoms with Crippen molar-refractivity contribution in [2.24, 2.45) is 7.05 Å². The van der Waals surface area contributed by atoms with E-state index in [0.717, 1.165) is 11.3 Å². The molecular weight excluding hydrogens is 280 g/mol. The van der Waals surface area contributed by atoms with Crippen LogP contribution in [0.5, 0.6) is 11.5 Å². The molecule has 0 aliphatic rings. The molecule has 0 saturated carbocycles. The normalized spacial score (nSPS) is 10.4. The second-order valence-corrected chi connectivity index (χ2v) is 5.17. The van der Waals surface area contributed by atoms with E-state index in [1.54, 1.807) is 19.2 Å². The highest BCUT2D eigenvalue weighted by atomic mass is 16.5. The lowest BCUT2D eigenvalue weighted by Crippen LogP contribution is -2.28. The molecule has 0 saturated heterocycles. The van der Waals surface area contributed by atoms with Gasteiger partial charge < -0.3 is 19.4 Å². The average Bonchev–Trinajstić information content (AvgIpc) is 2.78. The number of hydrogen-bond donors (Lipinski definition) is 1. The van der Waals surface area contributed by atoms with Crippen molar-refractivity contribution in [2.75, 3.05) is 13.7 Å². The number of carbonyl (C=O) groups is 1. The van der Waals surface area contributed by atoms with E-state index in [4.69, 9.17) is 9.47 Å². The lowest BCUT2D eigenvalue weighted by Gasteiger charge is -2.10. The van der Waals surface area contributed by atoms with Crippen LogP contribution in [0.4, 0.5) is 0 Å². The zero-order chi connectivity index (χ0) is 16.1. The predicted octanol–water partition coefficient (Wildman–Crippen LogP) is 2.35. The fourth-order valence-corrected chi connectivity index (χ4v) is 2.24. The molecule has 0 unspecified atom stereocenters. The van der Waals surface area contributed by atoms with Gasteiger partial charge >= 0.3 is 0 Å². The van der Waals surface area contributed by atoms with Crippen LogP contribution in [0.2, 0.25) is 0 Å². The Balaban J connectivity index is 1.87. The number of amides is 1. The number of carbonyl (C=O) groups excluding carboxylic acids is 1. The molecule has 1 heterocycles. The Labute approximate surface area is 130 Å². The van der Waals surface area contributed by atoms with Gasteiger partial charge in [0.1, 0.15) is 0 Å². The quantitative estimate of drug-likeness (QED) is 0.891. The molecule has 5 nitrogen and oxygen atoms in total. The molecule has 1 aromatic carbocycles. The molecule has 1 N–H and O–H groups in total.